The van der Waals surface area contributed by atoms with Crippen molar-refractivity contribution in [3.8, 4) is 0 Å². The van der Waals surface area contributed by atoms with Crippen molar-refractivity contribution in [1.82, 2.24) is 9.62 Å². The molecule has 0 aromatic heterocycles. The Morgan fingerprint density at radius 1 is 1.12 bits per heavy atom. The second-order valence-corrected chi connectivity index (χ2v) is 10.7. The van der Waals surface area contributed by atoms with Gasteiger partial charge in [0, 0.05) is 39.4 Å². The number of nitrogens with zero attached hydrogens (tertiary/aromatic N) is 3. The SMILES string of the molecule is CCOCCCNC(=O)CN1C(=O)[C@@H]2CCCCN2c2ccc(S(=O)(=O)N3CCCC3)cc21. The van der Waals surface area contributed by atoms with Gasteiger partial charge in [0.25, 0.3) is 0 Å². The summed E-state index contributed by atoms with van der Waals surface area (Å²) in [5, 5.41) is 2.85. The molecule has 1 aromatic rings. The van der Waals surface area contributed by atoms with Crippen molar-refractivity contribution in [1.29, 1.82) is 0 Å². The smallest absolute Gasteiger partial charge is 0.250 e. The van der Waals surface area contributed by atoms with Crippen LogP contribution in [0.2, 0.25) is 0 Å². The molecule has 1 aromatic carbocycles. The van der Waals surface area contributed by atoms with Crippen LogP contribution in [-0.2, 0) is 24.3 Å². The van der Waals surface area contributed by atoms with Gasteiger partial charge in [-0.05, 0) is 63.6 Å². The van der Waals surface area contributed by atoms with Gasteiger partial charge in [-0.25, -0.2) is 8.42 Å². The van der Waals surface area contributed by atoms with Gasteiger partial charge in [0.05, 0.1) is 16.3 Å². The molecular weight excluding hydrogens is 444 g/mol. The predicted molar refractivity (Wildman–Crippen MR) is 126 cm³/mol. The molecule has 0 unspecified atom stereocenters. The lowest BCUT2D eigenvalue weighted by atomic mass is 9.96. The number of sulfonamides is 1. The van der Waals surface area contributed by atoms with E-state index >= 15 is 0 Å². The zero-order valence-electron chi connectivity index (χ0n) is 19.3. The molecule has 0 aliphatic carbocycles. The number of ether oxygens (including phenoxy) is 1. The Morgan fingerprint density at radius 3 is 2.64 bits per heavy atom. The number of amides is 2. The van der Waals surface area contributed by atoms with Crippen LogP contribution in [0, 0.1) is 0 Å². The van der Waals surface area contributed by atoms with Crippen molar-refractivity contribution < 1.29 is 22.7 Å². The summed E-state index contributed by atoms with van der Waals surface area (Å²) in [6, 6.07) is 4.71. The summed E-state index contributed by atoms with van der Waals surface area (Å²) in [5.74, 6) is -0.398. The van der Waals surface area contributed by atoms with Gasteiger partial charge in [-0.2, -0.15) is 4.31 Å². The van der Waals surface area contributed by atoms with Crippen LogP contribution < -0.4 is 15.1 Å². The van der Waals surface area contributed by atoms with E-state index in [0.717, 1.165) is 44.3 Å². The second kappa shape index (κ2) is 10.4. The van der Waals surface area contributed by atoms with E-state index in [1.54, 1.807) is 18.2 Å². The molecule has 0 radical (unpaired) electrons. The number of carbonyl (C=O) groups excluding carboxylic acids is 2. The number of anilines is 2. The van der Waals surface area contributed by atoms with Gasteiger partial charge in [-0.1, -0.05) is 0 Å². The van der Waals surface area contributed by atoms with E-state index in [4.69, 9.17) is 4.74 Å². The third kappa shape index (κ3) is 5.02. The van der Waals surface area contributed by atoms with Crippen molar-refractivity contribution in [2.24, 2.45) is 0 Å². The van der Waals surface area contributed by atoms with Gasteiger partial charge in [0.1, 0.15) is 12.6 Å². The number of benzene rings is 1. The zero-order chi connectivity index (χ0) is 23.4. The number of piperidine rings is 1. The molecule has 0 saturated carbocycles. The van der Waals surface area contributed by atoms with E-state index in [9.17, 15) is 18.0 Å². The summed E-state index contributed by atoms with van der Waals surface area (Å²) in [5.41, 5.74) is 1.33. The first-order valence-corrected chi connectivity index (χ1v) is 13.4. The van der Waals surface area contributed by atoms with Crippen molar-refractivity contribution >= 4 is 33.2 Å². The lowest BCUT2D eigenvalue weighted by molar-refractivity contribution is -0.125. The van der Waals surface area contributed by atoms with Crippen molar-refractivity contribution in [3.05, 3.63) is 18.2 Å². The average Bonchev–Trinajstić information content (AvgIpc) is 3.37. The Morgan fingerprint density at radius 2 is 1.88 bits per heavy atom. The van der Waals surface area contributed by atoms with Crippen LogP contribution in [0.4, 0.5) is 11.4 Å². The quantitative estimate of drug-likeness (QED) is 0.543. The van der Waals surface area contributed by atoms with Crippen molar-refractivity contribution in [2.45, 2.75) is 56.4 Å². The van der Waals surface area contributed by atoms with E-state index in [0.29, 0.717) is 45.0 Å². The number of hydrogen-bond acceptors (Lipinski definition) is 6. The van der Waals surface area contributed by atoms with Gasteiger partial charge in [-0.3, -0.25) is 14.5 Å². The first kappa shape index (κ1) is 24.0. The van der Waals surface area contributed by atoms with Gasteiger partial charge in [0.15, 0.2) is 0 Å². The summed E-state index contributed by atoms with van der Waals surface area (Å²) in [7, 11) is -3.63. The molecule has 2 fully saturated rings. The van der Waals surface area contributed by atoms with Crippen LogP contribution in [0.15, 0.2) is 23.1 Å². The van der Waals surface area contributed by atoms with Gasteiger partial charge in [-0.15, -0.1) is 0 Å². The maximum Gasteiger partial charge on any atom is 0.250 e. The average molecular weight is 479 g/mol. The minimum absolute atomic E-state index is 0.127. The van der Waals surface area contributed by atoms with Crippen LogP contribution in [0.5, 0.6) is 0 Å². The fraction of sp³-hybridized carbons (Fsp3) is 0.652. The second-order valence-electron chi connectivity index (χ2n) is 8.79. The number of hydrogen-bond donors (Lipinski definition) is 1. The van der Waals surface area contributed by atoms with Crippen molar-refractivity contribution in [2.75, 3.05) is 55.7 Å². The Labute approximate surface area is 196 Å². The fourth-order valence-electron chi connectivity index (χ4n) is 4.88. The zero-order valence-corrected chi connectivity index (χ0v) is 20.1. The van der Waals surface area contributed by atoms with Gasteiger partial charge in [0.2, 0.25) is 21.8 Å². The molecule has 10 heteroatoms. The molecule has 3 aliphatic rings. The Kier molecular flexibility index (Phi) is 7.55. The number of nitrogens with one attached hydrogen (secondary N) is 1. The van der Waals surface area contributed by atoms with Crippen LogP contribution in [0.3, 0.4) is 0 Å². The Hall–Kier alpha value is -2.17. The summed E-state index contributed by atoms with van der Waals surface area (Å²) in [4.78, 5) is 29.8. The van der Waals surface area contributed by atoms with E-state index in [1.165, 1.54) is 9.21 Å². The van der Waals surface area contributed by atoms with E-state index in [-0.39, 0.29) is 29.3 Å². The minimum atomic E-state index is -3.63. The van der Waals surface area contributed by atoms with E-state index in [1.807, 2.05) is 6.92 Å². The lowest BCUT2D eigenvalue weighted by Crippen LogP contribution is -2.57. The molecular formula is C23H34N4O5S. The van der Waals surface area contributed by atoms with Gasteiger partial charge < -0.3 is 15.0 Å². The molecule has 33 heavy (non-hydrogen) atoms. The van der Waals surface area contributed by atoms with E-state index in [2.05, 4.69) is 10.2 Å². The largest absolute Gasteiger partial charge is 0.382 e. The highest BCUT2D eigenvalue weighted by atomic mass is 32.2. The summed E-state index contributed by atoms with van der Waals surface area (Å²) >= 11 is 0. The number of carbonyl (C=O) groups is 2. The Balaban J connectivity index is 1.60. The minimum Gasteiger partial charge on any atom is -0.382 e. The molecule has 0 spiro atoms. The molecule has 4 rings (SSSR count). The normalized spacial score (nSPS) is 21.1. The van der Waals surface area contributed by atoms with Crippen LogP contribution in [0.1, 0.15) is 45.4 Å². The topological polar surface area (TPSA) is 99.3 Å². The number of fused-ring (bicyclic) bond motifs is 3. The number of rotatable bonds is 9. The third-order valence-corrected chi connectivity index (χ3v) is 8.49. The first-order valence-electron chi connectivity index (χ1n) is 12.0. The molecule has 2 saturated heterocycles. The first-order chi connectivity index (χ1) is 15.9. The van der Waals surface area contributed by atoms with Crippen molar-refractivity contribution in [3.63, 3.8) is 0 Å². The van der Waals surface area contributed by atoms with Crippen LogP contribution >= 0.6 is 0 Å². The maximum atomic E-state index is 13.4. The highest BCUT2D eigenvalue weighted by molar-refractivity contribution is 7.89. The maximum absolute atomic E-state index is 13.4. The molecule has 182 valence electrons. The molecule has 0 bridgehead atoms. The van der Waals surface area contributed by atoms with Crippen LogP contribution in [0.25, 0.3) is 0 Å². The summed E-state index contributed by atoms with van der Waals surface area (Å²) < 4.78 is 33.1. The molecule has 9 nitrogen and oxygen atoms in total. The van der Waals surface area contributed by atoms with Crippen LogP contribution in [-0.4, -0.2) is 76.5 Å². The molecule has 1 atom stereocenters. The predicted octanol–water partition coefficient (Wildman–Crippen LogP) is 1.72. The molecule has 3 heterocycles. The molecule has 2 amide bonds. The molecule has 3 aliphatic heterocycles. The highest BCUT2D eigenvalue weighted by Gasteiger charge is 2.41. The third-order valence-electron chi connectivity index (χ3n) is 6.60. The monoisotopic (exact) mass is 478 g/mol. The highest BCUT2D eigenvalue weighted by Crippen LogP contribution is 2.41. The molecule has 1 N–H and O–H groups in total. The standard InChI is InChI=1S/C23H34N4O5S/c1-2-32-15-7-11-24-22(28)17-27-21-16-18(33(30,31)25-12-5-6-13-25)9-10-19(21)26-14-4-3-8-20(26)23(27)29/h9-10,16,20H,2-8,11-15,17H2,1H3,(H,24,28)/t20-/m0/s1. The fourth-order valence-corrected chi connectivity index (χ4v) is 6.42. The Bertz CT molecular complexity index is 977. The van der Waals surface area contributed by atoms with E-state index < -0.39 is 10.0 Å². The van der Waals surface area contributed by atoms with Gasteiger partial charge >= 0.3 is 0 Å². The summed E-state index contributed by atoms with van der Waals surface area (Å²) in [6.07, 6.45) is 5.08. The summed E-state index contributed by atoms with van der Waals surface area (Å²) in [6.45, 7) is 5.24. The lowest BCUT2D eigenvalue weighted by Gasteiger charge is -2.45.